The molecule has 0 saturated carbocycles. The van der Waals surface area contributed by atoms with Gasteiger partial charge in [-0.2, -0.15) is 13.2 Å². The Morgan fingerprint density at radius 3 is 2.30 bits per heavy atom. The molecule has 1 aliphatic rings. The molecule has 0 bridgehead atoms. The molecular formula is C26H25F3N4O3S. The second kappa shape index (κ2) is 11.1. The van der Waals surface area contributed by atoms with Crippen molar-refractivity contribution in [2.75, 3.05) is 13.1 Å². The van der Waals surface area contributed by atoms with Gasteiger partial charge in [0, 0.05) is 30.0 Å². The Morgan fingerprint density at radius 1 is 1.00 bits per heavy atom. The third kappa shape index (κ3) is 6.16. The van der Waals surface area contributed by atoms with Gasteiger partial charge in [0.2, 0.25) is 0 Å². The zero-order valence-corrected chi connectivity index (χ0v) is 20.8. The number of aromatic nitrogens is 1. The standard InChI is InChI=1S/C26H25F3N4O3S/c1-2-16-7-9-17(10-8-16)22(34)31-32-23(35)21-15-37-24(30-21)18-11-13-33(14-12-18)25(36)19-5-3-4-6-20(19)26(27,28)29/h3-10,15,18H,2,11-14H2,1H3,(H,31,34)(H,32,35). The zero-order valence-electron chi connectivity index (χ0n) is 20.0. The number of halogens is 3. The van der Waals surface area contributed by atoms with Gasteiger partial charge in [-0.3, -0.25) is 25.2 Å². The summed E-state index contributed by atoms with van der Waals surface area (Å²) in [6, 6.07) is 11.8. The Kier molecular flexibility index (Phi) is 7.91. The first-order chi connectivity index (χ1) is 17.7. The number of hydrazine groups is 1. The van der Waals surface area contributed by atoms with Crippen LogP contribution >= 0.6 is 11.3 Å². The van der Waals surface area contributed by atoms with Gasteiger partial charge in [-0.15, -0.1) is 11.3 Å². The zero-order chi connectivity index (χ0) is 26.6. The maximum atomic E-state index is 13.3. The Morgan fingerprint density at radius 2 is 1.65 bits per heavy atom. The van der Waals surface area contributed by atoms with Crippen LogP contribution < -0.4 is 10.9 Å². The number of likely N-dealkylation sites (tertiary alicyclic amines) is 1. The van der Waals surface area contributed by atoms with Crippen LogP contribution in [0.2, 0.25) is 0 Å². The molecule has 2 N–H and O–H groups in total. The van der Waals surface area contributed by atoms with E-state index in [9.17, 15) is 27.6 Å². The Labute approximate surface area is 215 Å². The first kappa shape index (κ1) is 26.3. The number of amides is 3. The molecule has 11 heteroatoms. The van der Waals surface area contributed by atoms with E-state index < -0.39 is 29.5 Å². The minimum absolute atomic E-state index is 0.0277. The molecule has 0 radical (unpaired) electrons. The molecule has 0 atom stereocenters. The van der Waals surface area contributed by atoms with Gasteiger partial charge in [-0.25, -0.2) is 4.98 Å². The predicted molar refractivity (Wildman–Crippen MR) is 132 cm³/mol. The monoisotopic (exact) mass is 530 g/mol. The van der Waals surface area contributed by atoms with Gasteiger partial charge < -0.3 is 4.90 Å². The molecule has 3 aromatic rings. The van der Waals surface area contributed by atoms with Crippen LogP contribution in [0.3, 0.4) is 0 Å². The molecule has 2 aromatic carbocycles. The summed E-state index contributed by atoms with van der Waals surface area (Å²) in [5.74, 6) is -1.68. The van der Waals surface area contributed by atoms with Gasteiger partial charge in [-0.05, 0) is 49.1 Å². The van der Waals surface area contributed by atoms with Gasteiger partial charge in [0.15, 0.2) is 0 Å². The average Bonchev–Trinajstić information content (AvgIpc) is 3.41. The average molecular weight is 531 g/mol. The number of hydrogen-bond acceptors (Lipinski definition) is 5. The molecule has 1 aliphatic heterocycles. The Bertz CT molecular complexity index is 1280. The van der Waals surface area contributed by atoms with Crippen molar-refractivity contribution >= 4 is 29.1 Å². The predicted octanol–water partition coefficient (Wildman–Crippen LogP) is 4.82. The lowest BCUT2D eigenvalue weighted by molar-refractivity contribution is -0.138. The molecule has 194 valence electrons. The van der Waals surface area contributed by atoms with Gasteiger partial charge in [0.25, 0.3) is 17.7 Å². The Hall–Kier alpha value is -3.73. The highest BCUT2D eigenvalue weighted by Gasteiger charge is 2.36. The lowest BCUT2D eigenvalue weighted by atomic mass is 9.96. The normalized spacial score (nSPS) is 14.3. The highest BCUT2D eigenvalue weighted by molar-refractivity contribution is 7.09. The number of thiazole rings is 1. The topological polar surface area (TPSA) is 91.4 Å². The summed E-state index contributed by atoms with van der Waals surface area (Å²) in [4.78, 5) is 43.3. The van der Waals surface area contributed by atoms with E-state index in [1.165, 1.54) is 34.4 Å². The molecule has 0 spiro atoms. The third-order valence-corrected chi connectivity index (χ3v) is 7.27. The number of piperidine rings is 1. The number of benzene rings is 2. The summed E-state index contributed by atoms with van der Waals surface area (Å²) in [5.41, 5.74) is 5.10. The fourth-order valence-corrected chi connectivity index (χ4v) is 5.11. The van der Waals surface area contributed by atoms with Crippen molar-refractivity contribution in [3.05, 3.63) is 86.9 Å². The van der Waals surface area contributed by atoms with Gasteiger partial charge in [0.05, 0.1) is 16.1 Å². The quantitative estimate of drug-likeness (QED) is 0.463. The SMILES string of the molecule is CCc1ccc(C(=O)NNC(=O)c2csc(C3CCN(C(=O)c4ccccc4C(F)(F)F)CC3)n2)cc1. The van der Waals surface area contributed by atoms with E-state index in [-0.39, 0.29) is 30.3 Å². The van der Waals surface area contributed by atoms with Crippen LogP contribution in [0.4, 0.5) is 13.2 Å². The fourth-order valence-electron chi connectivity index (χ4n) is 4.14. The highest BCUT2D eigenvalue weighted by atomic mass is 32.1. The van der Waals surface area contributed by atoms with Gasteiger partial charge in [-0.1, -0.05) is 31.2 Å². The number of carbonyl (C=O) groups is 3. The highest BCUT2D eigenvalue weighted by Crippen LogP contribution is 2.34. The molecule has 3 amide bonds. The Balaban J connectivity index is 1.31. The number of carbonyl (C=O) groups excluding carboxylic acids is 3. The van der Waals surface area contributed by atoms with E-state index in [1.54, 1.807) is 17.5 Å². The van der Waals surface area contributed by atoms with Crippen LogP contribution in [0.25, 0.3) is 0 Å². The van der Waals surface area contributed by atoms with E-state index in [1.807, 2.05) is 19.1 Å². The summed E-state index contributed by atoms with van der Waals surface area (Å²) < 4.78 is 39.9. The molecule has 1 aromatic heterocycles. The van der Waals surface area contributed by atoms with Crippen molar-refractivity contribution in [3.8, 4) is 0 Å². The van der Waals surface area contributed by atoms with Crippen LogP contribution in [0, 0.1) is 0 Å². The number of nitrogens with zero attached hydrogens (tertiary/aromatic N) is 2. The number of nitrogens with one attached hydrogen (secondary N) is 2. The minimum atomic E-state index is -4.61. The van der Waals surface area contributed by atoms with Crippen LogP contribution in [0.1, 0.15) is 73.0 Å². The molecule has 1 fully saturated rings. The molecule has 0 unspecified atom stereocenters. The molecule has 2 heterocycles. The van der Waals surface area contributed by atoms with Crippen LogP contribution in [0.15, 0.2) is 53.9 Å². The second-order valence-electron chi connectivity index (χ2n) is 8.64. The number of hydrogen-bond donors (Lipinski definition) is 2. The first-order valence-electron chi connectivity index (χ1n) is 11.8. The summed E-state index contributed by atoms with van der Waals surface area (Å²) in [5, 5.41) is 2.29. The van der Waals surface area contributed by atoms with Crippen LogP contribution in [-0.2, 0) is 12.6 Å². The summed E-state index contributed by atoms with van der Waals surface area (Å²) in [6.45, 7) is 2.57. The van der Waals surface area contributed by atoms with E-state index in [0.29, 0.717) is 23.4 Å². The number of alkyl halides is 3. The lowest BCUT2D eigenvalue weighted by Gasteiger charge is -2.31. The molecule has 1 saturated heterocycles. The summed E-state index contributed by atoms with van der Waals surface area (Å²) in [6.07, 6.45) is -2.73. The third-order valence-electron chi connectivity index (χ3n) is 6.26. The van der Waals surface area contributed by atoms with E-state index >= 15 is 0 Å². The fraction of sp³-hybridized carbons (Fsp3) is 0.308. The summed E-state index contributed by atoms with van der Waals surface area (Å²) in [7, 11) is 0. The molecule has 4 rings (SSSR count). The second-order valence-corrected chi connectivity index (χ2v) is 9.53. The van der Waals surface area contributed by atoms with Crippen molar-refractivity contribution in [2.24, 2.45) is 0 Å². The molecular weight excluding hydrogens is 505 g/mol. The minimum Gasteiger partial charge on any atom is -0.339 e. The van der Waals surface area contributed by atoms with E-state index in [0.717, 1.165) is 18.1 Å². The number of rotatable bonds is 5. The van der Waals surface area contributed by atoms with Crippen molar-refractivity contribution in [3.63, 3.8) is 0 Å². The van der Waals surface area contributed by atoms with Crippen molar-refractivity contribution in [1.29, 1.82) is 0 Å². The smallest absolute Gasteiger partial charge is 0.339 e. The maximum absolute atomic E-state index is 13.3. The van der Waals surface area contributed by atoms with E-state index in [2.05, 4.69) is 15.8 Å². The van der Waals surface area contributed by atoms with Crippen molar-refractivity contribution in [2.45, 2.75) is 38.3 Å². The molecule has 37 heavy (non-hydrogen) atoms. The largest absolute Gasteiger partial charge is 0.417 e. The summed E-state index contributed by atoms with van der Waals surface area (Å²) >= 11 is 1.29. The maximum Gasteiger partial charge on any atom is 0.417 e. The number of aryl methyl sites for hydroxylation is 1. The van der Waals surface area contributed by atoms with Gasteiger partial charge in [0.1, 0.15) is 5.69 Å². The van der Waals surface area contributed by atoms with Crippen molar-refractivity contribution in [1.82, 2.24) is 20.7 Å². The van der Waals surface area contributed by atoms with Crippen LogP contribution in [0.5, 0.6) is 0 Å². The molecule has 0 aliphatic carbocycles. The van der Waals surface area contributed by atoms with Crippen molar-refractivity contribution < 1.29 is 27.6 Å². The molecule has 7 nitrogen and oxygen atoms in total. The van der Waals surface area contributed by atoms with Gasteiger partial charge >= 0.3 is 6.18 Å². The van der Waals surface area contributed by atoms with E-state index in [4.69, 9.17) is 0 Å². The lowest BCUT2D eigenvalue weighted by Crippen LogP contribution is -2.41. The first-order valence-corrected chi connectivity index (χ1v) is 12.7. The van der Waals surface area contributed by atoms with Crippen LogP contribution in [-0.4, -0.2) is 40.7 Å².